The van der Waals surface area contributed by atoms with Crippen LogP contribution in [-0.2, 0) is 14.8 Å². The molecule has 0 bridgehead atoms. The van der Waals surface area contributed by atoms with Crippen molar-refractivity contribution in [1.82, 2.24) is 9.97 Å². The van der Waals surface area contributed by atoms with Crippen LogP contribution in [0, 0.1) is 18.8 Å². The number of nitrogens with zero attached hydrogens (tertiary/aromatic N) is 1. The lowest BCUT2D eigenvalue weighted by Crippen LogP contribution is -2.14. The number of pyridine rings is 1. The summed E-state index contributed by atoms with van der Waals surface area (Å²) >= 11 is 1.05. The van der Waals surface area contributed by atoms with Crippen molar-refractivity contribution in [3.05, 3.63) is 67.9 Å². The molecule has 11 heteroatoms. The largest absolute Gasteiger partial charge is 0.495 e. The number of aromatic nitrogens is 2. The van der Waals surface area contributed by atoms with Gasteiger partial charge in [-0.25, -0.2) is 9.78 Å². The van der Waals surface area contributed by atoms with Crippen LogP contribution in [-0.4, -0.2) is 38.6 Å². The number of carbonyl (C=O) groups excluding carboxylic acids is 1. The fourth-order valence-electron chi connectivity index (χ4n) is 2.54. The van der Waals surface area contributed by atoms with E-state index in [-0.39, 0.29) is 32.6 Å². The van der Waals surface area contributed by atoms with Gasteiger partial charge in [-0.15, -0.1) is 11.3 Å². The van der Waals surface area contributed by atoms with Crippen molar-refractivity contribution in [3.8, 4) is 17.6 Å². The molecule has 2 aromatic heterocycles. The molecule has 3 rings (SSSR count). The Hall–Kier alpha value is -3.62. The Labute approximate surface area is 182 Å². The van der Waals surface area contributed by atoms with Crippen LogP contribution in [0.4, 0.5) is 5.69 Å². The van der Waals surface area contributed by atoms with Crippen molar-refractivity contribution in [3.63, 3.8) is 0 Å². The number of methoxy groups -OCH3 is 2. The second-order valence-corrected chi connectivity index (χ2v) is 8.66. The molecule has 0 aliphatic carbocycles. The lowest BCUT2D eigenvalue weighted by atomic mass is 10.2. The second-order valence-electron chi connectivity index (χ2n) is 6.17. The van der Waals surface area contributed by atoms with Crippen LogP contribution >= 0.6 is 11.3 Å². The highest BCUT2D eigenvalue weighted by Gasteiger charge is 2.21. The summed E-state index contributed by atoms with van der Waals surface area (Å²) in [5, 5.41) is 1.40. The van der Waals surface area contributed by atoms with Gasteiger partial charge in [0.15, 0.2) is 10.0 Å². The number of thiazole rings is 1. The molecule has 0 saturated carbocycles. The Morgan fingerprint density at radius 1 is 1.19 bits per heavy atom. The van der Waals surface area contributed by atoms with E-state index in [0.717, 1.165) is 11.3 Å². The van der Waals surface area contributed by atoms with Crippen LogP contribution in [0.5, 0.6) is 5.75 Å². The first-order chi connectivity index (χ1) is 14.7. The number of rotatable bonds is 5. The van der Waals surface area contributed by atoms with Crippen LogP contribution in [0.25, 0.3) is 0 Å². The Bertz CT molecular complexity index is 1360. The number of sulfonamides is 1. The highest BCUT2D eigenvalue weighted by atomic mass is 32.2. The number of nitrogens with one attached hydrogen (secondary N) is 2. The van der Waals surface area contributed by atoms with E-state index in [1.807, 2.05) is 0 Å². The molecule has 0 amide bonds. The molecule has 0 atom stereocenters. The molecule has 0 fully saturated rings. The molecule has 3 aromatic rings. The van der Waals surface area contributed by atoms with Crippen LogP contribution in [0.1, 0.15) is 26.6 Å². The number of ether oxygens (including phenoxy) is 2. The van der Waals surface area contributed by atoms with Crippen LogP contribution in [0.2, 0.25) is 0 Å². The molecule has 0 unspecified atom stereocenters. The number of carbonyl (C=O) groups is 1. The molecule has 0 saturated heterocycles. The third-order valence-corrected chi connectivity index (χ3v) is 6.07. The smallest absolute Gasteiger partial charge is 0.337 e. The molecular formula is C20H17N3O6S2. The maximum absolute atomic E-state index is 12.7. The van der Waals surface area contributed by atoms with Crippen LogP contribution in [0.3, 0.4) is 0 Å². The van der Waals surface area contributed by atoms with E-state index >= 15 is 0 Å². The summed E-state index contributed by atoms with van der Waals surface area (Å²) in [6.07, 6.45) is 0. The van der Waals surface area contributed by atoms with Gasteiger partial charge in [-0.2, -0.15) is 8.42 Å². The maximum Gasteiger partial charge on any atom is 0.337 e. The van der Waals surface area contributed by atoms with Crippen LogP contribution in [0.15, 0.2) is 45.5 Å². The van der Waals surface area contributed by atoms with E-state index in [2.05, 4.69) is 31.3 Å². The highest BCUT2D eigenvalue weighted by Crippen LogP contribution is 2.28. The zero-order valence-electron chi connectivity index (χ0n) is 16.7. The van der Waals surface area contributed by atoms with Gasteiger partial charge in [0.25, 0.3) is 10.0 Å². The van der Waals surface area contributed by atoms with Crippen molar-refractivity contribution in [2.24, 2.45) is 0 Å². The number of hydrogen-bond donors (Lipinski definition) is 2. The van der Waals surface area contributed by atoms with Gasteiger partial charge >= 0.3 is 5.97 Å². The monoisotopic (exact) mass is 459 g/mol. The molecule has 1 aromatic carbocycles. The zero-order chi connectivity index (χ0) is 22.6. The van der Waals surface area contributed by atoms with Crippen molar-refractivity contribution < 1.29 is 22.7 Å². The Morgan fingerprint density at radius 2 is 1.97 bits per heavy atom. The maximum atomic E-state index is 12.7. The predicted molar refractivity (Wildman–Crippen MR) is 115 cm³/mol. The number of benzene rings is 1. The standard InChI is InChI=1S/C20H17N3O6S2/c1-12-8-13(9-17(24)21-12)4-7-18-22-19(11-30-18)31(26,27)23-15-6-5-14(20(25)29-3)10-16(15)28-2/h5-6,8-11,23H,1-3H3,(H,21,24). The van der Waals surface area contributed by atoms with E-state index in [1.54, 1.807) is 13.0 Å². The number of hydrogen-bond acceptors (Lipinski definition) is 8. The Morgan fingerprint density at radius 3 is 2.65 bits per heavy atom. The number of aryl methyl sites for hydroxylation is 1. The summed E-state index contributed by atoms with van der Waals surface area (Å²) in [5.74, 6) is 5.12. The molecule has 160 valence electrons. The van der Waals surface area contributed by atoms with E-state index < -0.39 is 16.0 Å². The molecular weight excluding hydrogens is 442 g/mol. The van der Waals surface area contributed by atoms with Crippen molar-refractivity contribution in [2.75, 3.05) is 18.9 Å². The van der Waals surface area contributed by atoms with E-state index in [9.17, 15) is 18.0 Å². The van der Waals surface area contributed by atoms with E-state index in [4.69, 9.17) is 4.74 Å². The number of esters is 1. The average molecular weight is 460 g/mol. The fourth-order valence-corrected chi connectivity index (χ4v) is 4.55. The third-order valence-electron chi connectivity index (χ3n) is 3.92. The summed E-state index contributed by atoms with van der Waals surface area (Å²) in [4.78, 5) is 29.8. The Balaban J connectivity index is 1.84. The average Bonchev–Trinajstić information content (AvgIpc) is 3.21. The summed E-state index contributed by atoms with van der Waals surface area (Å²) in [5.41, 5.74) is 1.23. The molecule has 2 N–H and O–H groups in total. The van der Waals surface area contributed by atoms with Gasteiger partial charge in [0.2, 0.25) is 5.56 Å². The van der Waals surface area contributed by atoms with Gasteiger partial charge in [0, 0.05) is 22.7 Å². The van der Waals surface area contributed by atoms with Crippen LogP contribution < -0.4 is 15.0 Å². The first-order valence-electron chi connectivity index (χ1n) is 8.69. The highest BCUT2D eigenvalue weighted by molar-refractivity contribution is 7.92. The summed E-state index contributed by atoms with van der Waals surface area (Å²) < 4.78 is 37.6. The Kier molecular flexibility index (Phi) is 6.43. The predicted octanol–water partition coefficient (Wildman–Crippen LogP) is 2.14. The first kappa shape index (κ1) is 22.1. The minimum Gasteiger partial charge on any atom is -0.495 e. The molecule has 9 nitrogen and oxygen atoms in total. The zero-order valence-corrected chi connectivity index (χ0v) is 18.3. The SMILES string of the molecule is COC(=O)c1ccc(NS(=O)(=O)c2csc(C#Cc3cc(C)[nH]c(=O)c3)n2)c(OC)c1. The van der Waals surface area contributed by atoms with E-state index in [1.165, 1.54) is 43.9 Å². The normalized spacial score (nSPS) is 10.7. The van der Waals surface area contributed by atoms with Crippen molar-refractivity contribution in [2.45, 2.75) is 11.9 Å². The fraction of sp³-hybridized carbons (Fsp3) is 0.150. The topological polar surface area (TPSA) is 127 Å². The minimum absolute atomic E-state index is 0.134. The molecule has 0 aliphatic heterocycles. The molecule has 31 heavy (non-hydrogen) atoms. The molecule has 2 heterocycles. The lowest BCUT2D eigenvalue weighted by molar-refractivity contribution is 0.0600. The number of H-pyrrole nitrogens is 1. The minimum atomic E-state index is -4.03. The number of anilines is 1. The van der Waals surface area contributed by atoms with Gasteiger partial charge in [-0.1, -0.05) is 5.92 Å². The van der Waals surface area contributed by atoms with Gasteiger partial charge < -0.3 is 14.5 Å². The number of aromatic amines is 1. The van der Waals surface area contributed by atoms with Crippen molar-refractivity contribution >= 4 is 33.0 Å². The quantitative estimate of drug-likeness (QED) is 0.442. The van der Waals surface area contributed by atoms with Gasteiger partial charge in [-0.05, 0) is 37.1 Å². The second kappa shape index (κ2) is 9.03. The summed E-state index contributed by atoms with van der Waals surface area (Å²) in [7, 11) is -1.44. The lowest BCUT2D eigenvalue weighted by Gasteiger charge is -2.11. The first-order valence-corrected chi connectivity index (χ1v) is 11.1. The van der Waals surface area contributed by atoms with Crippen molar-refractivity contribution in [1.29, 1.82) is 0 Å². The van der Waals surface area contributed by atoms with Gasteiger partial charge in [0.05, 0.1) is 25.5 Å². The van der Waals surface area contributed by atoms with Gasteiger partial charge in [0.1, 0.15) is 5.75 Å². The molecule has 0 spiro atoms. The van der Waals surface area contributed by atoms with Gasteiger partial charge in [-0.3, -0.25) is 9.52 Å². The summed E-state index contributed by atoms with van der Waals surface area (Å²) in [6, 6.07) is 7.21. The van der Waals surface area contributed by atoms with E-state index in [0.29, 0.717) is 11.3 Å². The molecule has 0 radical (unpaired) electrons. The molecule has 0 aliphatic rings. The summed E-state index contributed by atoms with van der Waals surface area (Å²) in [6.45, 7) is 1.73. The third kappa shape index (κ3) is 5.30.